The average molecular weight is 332 g/mol. The van der Waals surface area contributed by atoms with Crippen LogP contribution in [0.1, 0.15) is 36.1 Å². The Hall–Kier alpha value is -0.410. The van der Waals surface area contributed by atoms with E-state index >= 15 is 0 Å². The summed E-state index contributed by atoms with van der Waals surface area (Å²) >= 11 is 10.1. The summed E-state index contributed by atoms with van der Waals surface area (Å²) in [5.41, 5.74) is 1.12. The molecule has 0 aromatic heterocycles. The number of ether oxygens (including phenoxy) is 2. The van der Waals surface area contributed by atoms with Gasteiger partial charge in [0.05, 0.1) is 13.2 Å². The van der Waals surface area contributed by atoms with Crippen molar-refractivity contribution in [1.29, 1.82) is 0 Å². The van der Waals surface area contributed by atoms with Gasteiger partial charge in [0, 0.05) is 22.3 Å². The maximum atomic E-state index is 6.35. The predicted molar refractivity (Wildman–Crippen MR) is 76.1 cm³/mol. The zero-order valence-corrected chi connectivity index (χ0v) is 12.5. The van der Waals surface area contributed by atoms with Crippen LogP contribution >= 0.6 is 27.5 Å². The van der Waals surface area contributed by atoms with E-state index in [-0.39, 0.29) is 0 Å². The molecule has 1 saturated carbocycles. The maximum Gasteiger partial charge on any atom is 0.162 e. The van der Waals surface area contributed by atoms with Crippen LogP contribution in [0.3, 0.4) is 0 Å². The normalized spacial score (nSPS) is 20.3. The molecule has 0 radical (unpaired) electrons. The van der Waals surface area contributed by atoms with Gasteiger partial charge in [0.15, 0.2) is 11.5 Å². The number of alkyl halides is 1. The van der Waals surface area contributed by atoms with Crippen molar-refractivity contribution in [3.05, 3.63) is 22.7 Å². The summed E-state index contributed by atoms with van der Waals surface area (Å²) in [7, 11) is 0. The Morgan fingerprint density at radius 2 is 1.89 bits per heavy atom. The van der Waals surface area contributed by atoms with Crippen molar-refractivity contribution in [3.63, 3.8) is 0 Å². The highest BCUT2D eigenvalue weighted by atomic mass is 79.9. The average Bonchev–Trinajstić information content (AvgIpc) is 3.14. The lowest BCUT2D eigenvalue weighted by Crippen LogP contribution is -1.97. The van der Waals surface area contributed by atoms with Crippen LogP contribution in [0.2, 0.25) is 5.02 Å². The molecule has 1 aliphatic heterocycles. The van der Waals surface area contributed by atoms with Crippen LogP contribution < -0.4 is 9.47 Å². The van der Waals surface area contributed by atoms with Gasteiger partial charge >= 0.3 is 0 Å². The van der Waals surface area contributed by atoms with Crippen molar-refractivity contribution in [1.82, 2.24) is 0 Å². The highest BCUT2D eigenvalue weighted by Gasteiger charge is 2.27. The molecule has 2 nitrogen and oxygen atoms in total. The van der Waals surface area contributed by atoms with E-state index in [1.54, 1.807) is 0 Å². The Balaban J connectivity index is 1.86. The first-order valence-corrected chi connectivity index (χ1v) is 7.76. The monoisotopic (exact) mass is 330 g/mol. The van der Waals surface area contributed by atoms with Crippen LogP contribution in [-0.2, 0) is 0 Å². The zero-order chi connectivity index (χ0) is 12.5. The first kappa shape index (κ1) is 12.6. The Labute approximate surface area is 121 Å². The first-order valence-electron chi connectivity index (χ1n) is 6.47. The fourth-order valence-corrected chi connectivity index (χ4v) is 3.54. The Kier molecular flexibility index (Phi) is 3.71. The van der Waals surface area contributed by atoms with E-state index in [9.17, 15) is 0 Å². The quantitative estimate of drug-likeness (QED) is 0.745. The number of rotatable bonds is 3. The topological polar surface area (TPSA) is 18.5 Å². The molecule has 1 fully saturated rings. The third kappa shape index (κ3) is 2.77. The molecule has 1 aromatic carbocycles. The molecule has 1 atom stereocenters. The summed E-state index contributed by atoms with van der Waals surface area (Å²) in [4.78, 5) is 0.314. The van der Waals surface area contributed by atoms with Gasteiger partial charge in [-0.3, -0.25) is 0 Å². The standard InChI is InChI=1S/C14H16BrClO2/c15-11(6-9-2-3-9)10-7-13-14(8-12(10)16)18-5-1-4-17-13/h7-9,11H,1-6H2. The smallest absolute Gasteiger partial charge is 0.162 e. The first-order chi connectivity index (χ1) is 8.74. The van der Waals surface area contributed by atoms with Crippen LogP contribution in [-0.4, -0.2) is 13.2 Å². The van der Waals surface area contributed by atoms with E-state index < -0.39 is 0 Å². The summed E-state index contributed by atoms with van der Waals surface area (Å²) < 4.78 is 11.3. The van der Waals surface area contributed by atoms with Gasteiger partial charge in [-0.25, -0.2) is 0 Å². The highest BCUT2D eigenvalue weighted by Crippen LogP contribution is 2.45. The molecule has 2 aliphatic rings. The summed E-state index contributed by atoms with van der Waals surface area (Å²) in [5, 5.41) is 0.766. The number of hydrogen-bond donors (Lipinski definition) is 0. The molecular weight excluding hydrogens is 316 g/mol. The van der Waals surface area contributed by atoms with Gasteiger partial charge in [-0.15, -0.1) is 0 Å². The minimum atomic E-state index is 0.314. The third-order valence-corrected chi connectivity index (χ3v) is 4.64. The predicted octanol–water partition coefficient (Wildman–Crippen LogP) is 4.74. The molecule has 1 heterocycles. The number of benzene rings is 1. The Morgan fingerprint density at radius 1 is 1.22 bits per heavy atom. The van der Waals surface area contributed by atoms with E-state index in [1.165, 1.54) is 12.8 Å². The van der Waals surface area contributed by atoms with Gasteiger partial charge in [-0.1, -0.05) is 40.4 Å². The second-order valence-electron chi connectivity index (χ2n) is 5.02. The summed E-state index contributed by atoms with van der Waals surface area (Å²) in [6, 6.07) is 3.92. The SMILES string of the molecule is Clc1cc2c(cc1C(Br)CC1CC1)OCCCO2. The Morgan fingerprint density at radius 3 is 2.56 bits per heavy atom. The maximum absolute atomic E-state index is 6.35. The molecular formula is C14H16BrClO2. The van der Waals surface area contributed by atoms with E-state index in [4.69, 9.17) is 21.1 Å². The molecule has 0 N–H and O–H groups in total. The molecule has 18 heavy (non-hydrogen) atoms. The molecule has 0 spiro atoms. The minimum Gasteiger partial charge on any atom is -0.490 e. The molecule has 0 amide bonds. The van der Waals surface area contributed by atoms with Crippen LogP contribution in [0.4, 0.5) is 0 Å². The van der Waals surface area contributed by atoms with Gasteiger partial charge in [0.2, 0.25) is 0 Å². The van der Waals surface area contributed by atoms with Crippen LogP contribution in [0.15, 0.2) is 12.1 Å². The fourth-order valence-electron chi connectivity index (χ4n) is 2.21. The molecule has 0 saturated heterocycles. The lowest BCUT2D eigenvalue weighted by atomic mass is 10.1. The van der Waals surface area contributed by atoms with Crippen LogP contribution in [0, 0.1) is 5.92 Å². The van der Waals surface area contributed by atoms with Crippen molar-refractivity contribution < 1.29 is 9.47 Å². The molecule has 1 aromatic rings. The lowest BCUT2D eigenvalue weighted by Gasteiger charge is -2.15. The summed E-state index contributed by atoms with van der Waals surface area (Å²) in [5.74, 6) is 2.46. The van der Waals surface area contributed by atoms with Crippen molar-refractivity contribution >= 4 is 27.5 Å². The Bertz CT molecular complexity index is 446. The van der Waals surface area contributed by atoms with E-state index in [0.717, 1.165) is 40.8 Å². The number of hydrogen-bond acceptors (Lipinski definition) is 2. The van der Waals surface area contributed by atoms with Gasteiger partial charge < -0.3 is 9.47 Å². The third-order valence-electron chi connectivity index (χ3n) is 3.44. The molecule has 4 heteroatoms. The number of fused-ring (bicyclic) bond motifs is 1. The summed E-state index contributed by atoms with van der Waals surface area (Å²) in [6.07, 6.45) is 4.77. The fraction of sp³-hybridized carbons (Fsp3) is 0.571. The van der Waals surface area contributed by atoms with Gasteiger partial charge in [-0.05, 0) is 24.0 Å². The molecule has 1 aliphatic carbocycles. The van der Waals surface area contributed by atoms with Gasteiger partial charge in [0.1, 0.15) is 0 Å². The van der Waals surface area contributed by atoms with Gasteiger partial charge in [-0.2, -0.15) is 0 Å². The molecule has 0 bridgehead atoms. The largest absolute Gasteiger partial charge is 0.490 e. The van der Waals surface area contributed by atoms with Crippen LogP contribution in [0.25, 0.3) is 0 Å². The summed E-state index contributed by atoms with van der Waals surface area (Å²) in [6.45, 7) is 1.41. The van der Waals surface area contributed by atoms with E-state index in [1.807, 2.05) is 12.1 Å². The second-order valence-corrected chi connectivity index (χ2v) is 6.53. The number of halogens is 2. The molecule has 3 rings (SSSR count). The van der Waals surface area contributed by atoms with Crippen molar-refractivity contribution in [2.24, 2.45) is 5.92 Å². The van der Waals surface area contributed by atoms with Crippen molar-refractivity contribution in [3.8, 4) is 11.5 Å². The van der Waals surface area contributed by atoms with E-state index in [0.29, 0.717) is 18.0 Å². The molecule has 1 unspecified atom stereocenters. The lowest BCUT2D eigenvalue weighted by molar-refractivity contribution is 0.297. The second kappa shape index (κ2) is 5.30. The van der Waals surface area contributed by atoms with E-state index in [2.05, 4.69) is 15.9 Å². The van der Waals surface area contributed by atoms with Gasteiger partial charge in [0.25, 0.3) is 0 Å². The van der Waals surface area contributed by atoms with Crippen molar-refractivity contribution in [2.75, 3.05) is 13.2 Å². The highest BCUT2D eigenvalue weighted by molar-refractivity contribution is 9.09. The zero-order valence-electron chi connectivity index (χ0n) is 10.1. The molecule has 98 valence electrons. The van der Waals surface area contributed by atoms with Crippen molar-refractivity contribution in [2.45, 2.75) is 30.5 Å². The minimum absolute atomic E-state index is 0.314. The van der Waals surface area contributed by atoms with Crippen LogP contribution in [0.5, 0.6) is 11.5 Å².